The van der Waals surface area contributed by atoms with Crippen LogP contribution >= 0.6 is 0 Å². The molecule has 0 spiro atoms. The van der Waals surface area contributed by atoms with Crippen LogP contribution in [0.3, 0.4) is 0 Å². The Labute approximate surface area is 85.1 Å². The molecule has 0 atom stereocenters. The summed E-state index contributed by atoms with van der Waals surface area (Å²) in [6.07, 6.45) is 1.87. The van der Waals surface area contributed by atoms with Gasteiger partial charge in [-0.3, -0.25) is 4.68 Å². The van der Waals surface area contributed by atoms with E-state index in [-0.39, 0.29) is 6.67 Å². The van der Waals surface area contributed by atoms with E-state index in [1.54, 1.807) is 4.68 Å². The molecule has 0 aliphatic rings. The molecule has 0 aliphatic carbocycles. The highest BCUT2D eigenvalue weighted by Crippen LogP contribution is 2.25. The number of alkyl halides is 1. The fourth-order valence-corrected chi connectivity index (χ4v) is 1.74. The molecule has 0 saturated heterocycles. The summed E-state index contributed by atoms with van der Waals surface area (Å²) in [6, 6.07) is 0. The van der Waals surface area contributed by atoms with Gasteiger partial charge in [0.1, 0.15) is 6.67 Å². The van der Waals surface area contributed by atoms with Crippen molar-refractivity contribution in [1.82, 2.24) is 9.78 Å². The Hall–Kier alpha value is -0.860. The minimum absolute atomic E-state index is 0.348. The minimum Gasteiger partial charge on any atom is -0.266 e. The Kier molecular flexibility index (Phi) is 3.67. The number of aryl methyl sites for hydroxylation is 1. The lowest BCUT2D eigenvalue weighted by Gasteiger charge is -2.13. The van der Waals surface area contributed by atoms with Crippen LogP contribution in [0.15, 0.2) is 6.20 Å². The summed E-state index contributed by atoms with van der Waals surface area (Å²) < 4.78 is 14.1. The van der Waals surface area contributed by atoms with Crippen molar-refractivity contribution < 1.29 is 4.39 Å². The highest BCUT2D eigenvalue weighted by Gasteiger charge is 2.15. The van der Waals surface area contributed by atoms with Gasteiger partial charge in [-0.25, -0.2) is 4.39 Å². The van der Waals surface area contributed by atoms with Crippen molar-refractivity contribution in [2.75, 3.05) is 6.67 Å². The lowest BCUT2D eigenvalue weighted by atomic mass is 9.98. The maximum atomic E-state index is 12.3. The maximum Gasteiger partial charge on any atom is 0.109 e. The summed E-state index contributed by atoms with van der Waals surface area (Å²) in [6.45, 7) is 8.56. The molecular weight excluding hydrogens is 179 g/mol. The lowest BCUT2D eigenvalue weighted by Crippen LogP contribution is -2.09. The standard InChI is InChI=1S/C11H19FN2/c1-8(2)10-7-13-14(6-5-12)11(10)9(3)4/h7-9H,5-6H2,1-4H3. The zero-order chi connectivity index (χ0) is 10.7. The Bertz CT molecular complexity index is 289. The number of rotatable bonds is 4. The number of hydrogen-bond donors (Lipinski definition) is 0. The monoisotopic (exact) mass is 198 g/mol. The molecule has 0 radical (unpaired) electrons. The van der Waals surface area contributed by atoms with E-state index in [9.17, 15) is 4.39 Å². The third-order valence-electron chi connectivity index (χ3n) is 2.38. The molecule has 14 heavy (non-hydrogen) atoms. The first-order valence-corrected chi connectivity index (χ1v) is 5.19. The topological polar surface area (TPSA) is 17.8 Å². The molecule has 0 unspecified atom stereocenters. The molecule has 0 aliphatic heterocycles. The molecule has 2 nitrogen and oxygen atoms in total. The van der Waals surface area contributed by atoms with Gasteiger partial charge in [0.15, 0.2) is 0 Å². The molecule has 0 aromatic carbocycles. The molecule has 1 aromatic heterocycles. The summed E-state index contributed by atoms with van der Waals surface area (Å²) in [7, 11) is 0. The van der Waals surface area contributed by atoms with Crippen molar-refractivity contribution in [1.29, 1.82) is 0 Å². The summed E-state index contributed by atoms with van der Waals surface area (Å²) in [5, 5.41) is 4.23. The largest absolute Gasteiger partial charge is 0.266 e. The first-order valence-electron chi connectivity index (χ1n) is 5.19. The van der Waals surface area contributed by atoms with Crippen LogP contribution in [0.25, 0.3) is 0 Å². The third-order valence-corrected chi connectivity index (χ3v) is 2.38. The smallest absolute Gasteiger partial charge is 0.109 e. The second-order valence-electron chi connectivity index (χ2n) is 4.21. The van der Waals surface area contributed by atoms with E-state index in [0.29, 0.717) is 18.4 Å². The van der Waals surface area contributed by atoms with Crippen LogP contribution in [0.5, 0.6) is 0 Å². The van der Waals surface area contributed by atoms with Crippen LogP contribution in [0.2, 0.25) is 0 Å². The predicted molar refractivity (Wildman–Crippen MR) is 56.4 cm³/mol. The van der Waals surface area contributed by atoms with Crippen LogP contribution < -0.4 is 0 Å². The fraction of sp³-hybridized carbons (Fsp3) is 0.727. The molecule has 1 heterocycles. The third kappa shape index (κ3) is 2.14. The van der Waals surface area contributed by atoms with Crippen molar-refractivity contribution in [2.45, 2.75) is 46.1 Å². The Morgan fingerprint density at radius 3 is 2.36 bits per heavy atom. The van der Waals surface area contributed by atoms with Crippen LogP contribution in [0, 0.1) is 0 Å². The van der Waals surface area contributed by atoms with Gasteiger partial charge in [0.2, 0.25) is 0 Å². The summed E-state index contributed by atoms with van der Waals surface area (Å²) in [5.74, 6) is 0.863. The number of nitrogens with zero attached hydrogens (tertiary/aromatic N) is 2. The van der Waals surface area contributed by atoms with Gasteiger partial charge in [-0.2, -0.15) is 5.10 Å². The average Bonchev–Trinajstić information content (AvgIpc) is 2.48. The molecule has 1 rings (SSSR count). The van der Waals surface area contributed by atoms with E-state index in [4.69, 9.17) is 0 Å². The van der Waals surface area contributed by atoms with Crippen LogP contribution in [-0.4, -0.2) is 16.5 Å². The molecule has 80 valence electrons. The predicted octanol–water partition coefficient (Wildman–Crippen LogP) is 3.10. The second kappa shape index (κ2) is 4.58. The van der Waals surface area contributed by atoms with Gasteiger partial charge in [-0.05, 0) is 17.4 Å². The number of hydrogen-bond acceptors (Lipinski definition) is 1. The number of aromatic nitrogens is 2. The van der Waals surface area contributed by atoms with E-state index >= 15 is 0 Å². The highest BCUT2D eigenvalue weighted by molar-refractivity contribution is 5.24. The Morgan fingerprint density at radius 1 is 1.29 bits per heavy atom. The Balaban J connectivity index is 3.07. The SMILES string of the molecule is CC(C)c1cnn(CCF)c1C(C)C. The molecule has 3 heteroatoms. The van der Waals surface area contributed by atoms with E-state index < -0.39 is 0 Å². The summed E-state index contributed by atoms with van der Waals surface area (Å²) in [5.41, 5.74) is 2.42. The molecule has 0 amide bonds. The quantitative estimate of drug-likeness (QED) is 0.727. The molecule has 1 aromatic rings. The van der Waals surface area contributed by atoms with Gasteiger partial charge in [0, 0.05) is 5.69 Å². The van der Waals surface area contributed by atoms with E-state index in [2.05, 4.69) is 32.8 Å². The summed E-state index contributed by atoms with van der Waals surface area (Å²) in [4.78, 5) is 0. The van der Waals surface area contributed by atoms with Gasteiger partial charge >= 0.3 is 0 Å². The average molecular weight is 198 g/mol. The van der Waals surface area contributed by atoms with Gasteiger partial charge in [-0.15, -0.1) is 0 Å². The van der Waals surface area contributed by atoms with E-state index in [1.165, 1.54) is 11.3 Å². The molecule has 0 N–H and O–H groups in total. The Morgan fingerprint density at radius 2 is 1.93 bits per heavy atom. The van der Waals surface area contributed by atoms with Gasteiger partial charge < -0.3 is 0 Å². The van der Waals surface area contributed by atoms with Gasteiger partial charge in [-0.1, -0.05) is 27.7 Å². The second-order valence-corrected chi connectivity index (χ2v) is 4.21. The van der Waals surface area contributed by atoms with Crippen molar-refractivity contribution in [3.05, 3.63) is 17.5 Å². The van der Waals surface area contributed by atoms with Crippen molar-refractivity contribution in [3.63, 3.8) is 0 Å². The first-order chi connectivity index (χ1) is 6.57. The molecular formula is C11H19FN2. The summed E-state index contributed by atoms with van der Waals surface area (Å²) >= 11 is 0. The van der Waals surface area contributed by atoms with Crippen molar-refractivity contribution in [2.24, 2.45) is 0 Å². The fourth-order valence-electron chi connectivity index (χ4n) is 1.74. The van der Waals surface area contributed by atoms with Gasteiger partial charge in [0.05, 0.1) is 12.7 Å². The zero-order valence-electron chi connectivity index (χ0n) is 9.42. The van der Waals surface area contributed by atoms with Crippen LogP contribution in [0.1, 0.15) is 50.8 Å². The van der Waals surface area contributed by atoms with Crippen LogP contribution in [-0.2, 0) is 6.54 Å². The molecule has 0 fully saturated rings. The maximum absolute atomic E-state index is 12.3. The van der Waals surface area contributed by atoms with Gasteiger partial charge in [0.25, 0.3) is 0 Å². The lowest BCUT2D eigenvalue weighted by molar-refractivity contribution is 0.416. The first kappa shape index (κ1) is 11.2. The van der Waals surface area contributed by atoms with E-state index in [1.807, 2.05) is 6.20 Å². The highest BCUT2D eigenvalue weighted by atomic mass is 19.1. The number of halogens is 1. The van der Waals surface area contributed by atoms with Crippen LogP contribution in [0.4, 0.5) is 4.39 Å². The van der Waals surface area contributed by atoms with Crippen molar-refractivity contribution in [3.8, 4) is 0 Å². The van der Waals surface area contributed by atoms with E-state index in [0.717, 1.165) is 0 Å². The molecule has 0 bridgehead atoms. The minimum atomic E-state index is -0.348. The van der Waals surface area contributed by atoms with Crippen molar-refractivity contribution >= 4 is 0 Å². The zero-order valence-corrected chi connectivity index (χ0v) is 9.42. The normalized spacial score (nSPS) is 11.6. The molecule has 0 saturated carbocycles.